The molecule has 1 N–H and O–H groups in total. The van der Waals surface area contributed by atoms with E-state index in [2.05, 4.69) is 5.32 Å². The minimum absolute atomic E-state index is 0.325. The predicted molar refractivity (Wildman–Crippen MR) is 106 cm³/mol. The first-order valence-corrected chi connectivity index (χ1v) is 9.39. The smallest absolute Gasteiger partial charge is 0.338 e. The van der Waals surface area contributed by atoms with Crippen molar-refractivity contribution in [2.24, 2.45) is 0 Å². The van der Waals surface area contributed by atoms with Crippen LogP contribution in [0.5, 0.6) is 5.75 Å². The maximum Gasteiger partial charge on any atom is 0.338 e. The van der Waals surface area contributed by atoms with Crippen LogP contribution >= 0.6 is 0 Å². The molecular formula is C22H27NO4. The lowest BCUT2D eigenvalue weighted by molar-refractivity contribution is -0.119. The van der Waals surface area contributed by atoms with E-state index in [9.17, 15) is 9.59 Å². The third-order valence-electron chi connectivity index (χ3n) is 4.16. The molecule has 0 unspecified atom stereocenters. The summed E-state index contributed by atoms with van der Waals surface area (Å²) in [4.78, 5) is 24.4. The number of carbonyl (C=O) groups is 2. The zero-order valence-electron chi connectivity index (χ0n) is 16.2. The van der Waals surface area contributed by atoms with Gasteiger partial charge >= 0.3 is 5.97 Å². The normalized spacial score (nSPS) is 10.3. The SMILES string of the molecule is CCCOc1ccc(C(=O)OCC(=O)Nc2c(CC)cccc2CC)cc1. The third kappa shape index (κ3) is 5.84. The Hall–Kier alpha value is -2.82. The van der Waals surface area contributed by atoms with Crippen LogP contribution in [-0.2, 0) is 22.4 Å². The van der Waals surface area contributed by atoms with Crippen LogP contribution in [0.3, 0.4) is 0 Å². The molecule has 0 aliphatic heterocycles. The second-order valence-electron chi connectivity index (χ2n) is 6.16. The topological polar surface area (TPSA) is 64.6 Å². The number of rotatable bonds is 9. The van der Waals surface area contributed by atoms with E-state index in [1.54, 1.807) is 24.3 Å². The molecule has 0 heterocycles. The van der Waals surface area contributed by atoms with E-state index >= 15 is 0 Å². The molecule has 0 spiro atoms. The first kappa shape index (κ1) is 20.5. The number of hydrogen-bond donors (Lipinski definition) is 1. The van der Waals surface area contributed by atoms with Crippen LogP contribution in [-0.4, -0.2) is 25.1 Å². The van der Waals surface area contributed by atoms with Crippen LogP contribution in [0.25, 0.3) is 0 Å². The molecule has 0 atom stereocenters. The summed E-state index contributed by atoms with van der Waals surface area (Å²) >= 11 is 0. The molecular weight excluding hydrogens is 342 g/mol. The molecule has 2 aromatic carbocycles. The summed E-state index contributed by atoms with van der Waals surface area (Å²) < 4.78 is 10.6. The molecule has 0 aliphatic rings. The fourth-order valence-electron chi connectivity index (χ4n) is 2.70. The van der Waals surface area contributed by atoms with Gasteiger partial charge in [-0.1, -0.05) is 39.0 Å². The highest BCUT2D eigenvalue weighted by Crippen LogP contribution is 2.22. The van der Waals surface area contributed by atoms with Crippen molar-refractivity contribution in [3.8, 4) is 5.75 Å². The third-order valence-corrected chi connectivity index (χ3v) is 4.16. The van der Waals surface area contributed by atoms with Crippen molar-refractivity contribution >= 4 is 17.6 Å². The van der Waals surface area contributed by atoms with Gasteiger partial charge < -0.3 is 14.8 Å². The molecule has 0 saturated carbocycles. The Labute approximate surface area is 160 Å². The van der Waals surface area contributed by atoms with Crippen molar-refractivity contribution < 1.29 is 19.1 Å². The van der Waals surface area contributed by atoms with Gasteiger partial charge in [-0.05, 0) is 54.7 Å². The lowest BCUT2D eigenvalue weighted by Gasteiger charge is -2.14. The van der Waals surface area contributed by atoms with E-state index in [0.29, 0.717) is 17.9 Å². The molecule has 0 aliphatic carbocycles. The first-order valence-electron chi connectivity index (χ1n) is 9.39. The number of carbonyl (C=O) groups excluding carboxylic acids is 2. The van der Waals surface area contributed by atoms with E-state index in [4.69, 9.17) is 9.47 Å². The summed E-state index contributed by atoms with van der Waals surface area (Å²) in [5.74, 6) is -0.178. The van der Waals surface area contributed by atoms with Gasteiger partial charge in [-0.3, -0.25) is 4.79 Å². The van der Waals surface area contributed by atoms with Crippen molar-refractivity contribution in [2.75, 3.05) is 18.5 Å². The number of para-hydroxylation sites is 1. The lowest BCUT2D eigenvalue weighted by Crippen LogP contribution is -2.22. The Morgan fingerprint density at radius 1 is 0.926 bits per heavy atom. The zero-order chi connectivity index (χ0) is 19.6. The second-order valence-corrected chi connectivity index (χ2v) is 6.16. The Morgan fingerprint density at radius 3 is 2.11 bits per heavy atom. The summed E-state index contributed by atoms with van der Waals surface area (Å²) in [5.41, 5.74) is 3.34. The van der Waals surface area contributed by atoms with Crippen LogP contribution in [0.2, 0.25) is 0 Å². The van der Waals surface area contributed by atoms with Gasteiger partial charge in [0.1, 0.15) is 5.75 Å². The van der Waals surface area contributed by atoms with Crippen molar-refractivity contribution in [3.05, 3.63) is 59.2 Å². The van der Waals surface area contributed by atoms with Gasteiger partial charge in [0.2, 0.25) is 0 Å². The number of anilines is 1. The number of aryl methyl sites for hydroxylation is 2. The molecule has 2 aromatic rings. The van der Waals surface area contributed by atoms with E-state index in [1.807, 2.05) is 39.0 Å². The molecule has 0 saturated heterocycles. The second kappa shape index (κ2) is 10.4. The van der Waals surface area contributed by atoms with Gasteiger partial charge in [-0.2, -0.15) is 0 Å². The predicted octanol–water partition coefficient (Wildman–Crippen LogP) is 4.40. The van der Waals surface area contributed by atoms with Crippen molar-refractivity contribution in [1.82, 2.24) is 0 Å². The standard InChI is InChI=1S/C22H27NO4/c1-4-14-26-19-12-10-18(11-13-19)22(25)27-15-20(24)23-21-16(5-2)8-7-9-17(21)6-3/h7-13H,4-6,14-15H2,1-3H3,(H,23,24). The number of hydrogen-bond acceptors (Lipinski definition) is 4. The molecule has 27 heavy (non-hydrogen) atoms. The average molecular weight is 369 g/mol. The van der Waals surface area contributed by atoms with Crippen LogP contribution in [0.4, 0.5) is 5.69 Å². The Kier molecular flexibility index (Phi) is 7.86. The van der Waals surface area contributed by atoms with Crippen LogP contribution < -0.4 is 10.1 Å². The van der Waals surface area contributed by atoms with Gasteiger partial charge in [-0.15, -0.1) is 0 Å². The molecule has 2 rings (SSSR count). The number of ether oxygens (including phenoxy) is 2. The highest BCUT2D eigenvalue weighted by Gasteiger charge is 2.13. The van der Waals surface area contributed by atoms with Crippen LogP contribution in [0, 0.1) is 0 Å². The molecule has 0 radical (unpaired) electrons. The Balaban J connectivity index is 1.93. The summed E-state index contributed by atoms with van der Waals surface area (Å²) in [7, 11) is 0. The van der Waals surface area contributed by atoms with E-state index in [0.717, 1.165) is 36.1 Å². The van der Waals surface area contributed by atoms with Gasteiger partial charge in [0.15, 0.2) is 6.61 Å². The number of benzene rings is 2. The highest BCUT2D eigenvalue weighted by atomic mass is 16.5. The van der Waals surface area contributed by atoms with Gasteiger partial charge in [0.05, 0.1) is 12.2 Å². The minimum atomic E-state index is -0.535. The molecule has 0 bridgehead atoms. The maximum atomic E-state index is 12.2. The molecule has 5 nitrogen and oxygen atoms in total. The summed E-state index contributed by atoms with van der Waals surface area (Å²) in [6.07, 6.45) is 2.55. The van der Waals surface area contributed by atoms with E-state index < -0.39 is 5.97 Å². The molecule has 0 fully saturated rings. The Bertz CT molecular complexity index is 746. The van der Waals surface area contributed by atoms with Gasteiger partial charge in [0, 0.05) is 5.69 Å². The number of amides is 1. The fourth-order valence-corrected chi connectivity index (χ4v) is 2.70. The van der Waals surface area contributed by atoms with Crippen LogP contribution in [0.15, 0.2) is 42.5 Å². The van der Waals surface area contributed by atoms with Crippen molar-refractivity contribution in [2.45, 2.75) is 40.0 Å². The van der Waals surface area contributed by atoms with E-state index in [-0.39, 0.29) is 12.5 Å². The zero-order valence-corrected chi connectivity index (χ0v) is 16.2. The number of esters is 1. The average Bonchev–Trinajstić information content (AvgIpc) is 2.71. The quantitative estimate of drug-likeness (QED) is 0.666. The summed E-state index contributed by atoms with van der Waals surface area (Å²) in [5, 5.41) is 2.88. The number of nitrogens with one attached hydrogen (secondary N) is 1. The van der Waals surface area contributed by atoms with Gasteiger partial charge in [0.25, 0.3) is 5.91 Å². The molecule has 1 amide bonds. The molecule has 144 valence electrons. The maximum absolute atomic E-state index is 12.2. The van der Waals surface area contributed by atoms with Crippen molar-refractivity contribution in [3.63, 3.8) is 0 Å². The van der Waals surface area contributed by atoms with E-state index in [1.165, 1.54) is 0 Å². The fraction of sp³-hybridized carbons (Fsp3) is 0.364. The summed E-state index contributed by atoms with van der Waals surface area (Å²) in [6, 6.07) is 12.7. The largest absolute Gasteiger partial charge is 0.494 e. The molecule has 0 aromatic heterocycles. The van der Waals surface area contributed by atoms with Crippen LogP contribution in [0.1, 0.15) is 48.7 Å². The monoisotopic (exact) mass is 369 g/mol. The van der Waals surface area contributed by atoms with Crippen molar-refractivity contribution in [1.29, 1.82) is 0 Å². The van der Waals surface area contributed by atoms with Gasteiger partial charge in [-0.25, -0.2) is 4.79 Å². The molecule has 5 heteroatoms. The lowest BCUT2D eigenvalue weighted by atomic mass is 10.0. The highest BCUT2D eigenvalue weighted by molar-refractivity contribution is 5.96. The minimum Gasteiger partial charge on any atom is -0.494 e. The Morgan fingerprint density at radius 2 is 1.56 bits per heavy atom. The first-order chi connectivity index (χ1) is 13.1. The summed E-state index contributed by atoms with van der Waals surface area (Å²) in [6.45, 7) is 6.41.